The van der Waals surface area contributed by atoms with Crippen molar-refractivity contribution >= 4 is 5.96 Å². The number of nitrogens with one attached hydrogen (secondary N) is 2. The van der Waals surface area contributed by atoms with E-state index in [4.69, 9.17) is 4.74 Å². The van der Waals surface area contributed by atoms with Crippen molar-refractivity contribution < 1.29 is 4.74 Å². The zero-order valence-corrected chi connectivity index (χ0v) is 11.9. The predicted molar refractivity (Wildman–Crippen MR) is 73.6 cm³/mol. The summed E-state index contributed by atoms with van der Waals surface area (Å²) < 4.78 is 5.03. The molecule has 0 amide bonds. The lowest BCUT2D eigenvalue weighted by Crippen LogP contribution is -2.41. The van der Waals surface area contributed by atoms with Gasteiger partial charge in [0.15, 0.2) is 5.96 Å². The van der Waals surface area contributed by atoms with Gasteiger partial charge in [-0.3, -0.25) is 4.99 Å². The van der Waals surface area contributed by atoms with Gasteiger partial charge in [0, 0.05) is 32.8 Å². The van der Waals surface area contributed by atoms with Gasteiger partial charge in [-0.25, -0.2) is 0 Å². The second kappa shape index (κ2) is 10.4. The van der Waals surface area contributed by atoms with Crippen LogP contribution in [0.3, 0.4) is 0 Å². The Bertz CT molecular complexity index is 207. The van der Waals surface area contributed by atoms with Gasteiger partial charge in [-0.2, -0.15) is 0 Å². The monoisotopic (exact) mass is 244 g/mol. The van der Waals surface area contributed by atoms with Gasteiger partial charge in [-0.1, -0.05) is 0 Å². The quantitative estimate of drug-likeness (QED) is 0.483. The lowest BCUT2D eigenvalue weighted by atomic mass is 10.4. The van der Waals surface area contributed by atoms with Gasteiger partial charge in [-0.15, -0.1) is 0 Å². The molecule has 0 saturated carbocycles. The molecule has 0 atom stereocenters. The van der Waals surface area contributed by atoms with Crippen molar-refractivity contribution in [3.05, 3.63) is 0 Å². The molecule has 0 unspecified atom stereocenters. The van der Waals surface area contributed by atoms with Crippen LogP contribution in [0.2, 0.25) is 0 Å². The third kappa shape index (κ3) is 10.1. The maximum absolute atomic E-state index is 5.03. The second-order valence-electron chi connectivity index (χ2n) is 4.36. The van der Waals surface area contributed by atoms with Crippen LogP contribution in [0.4, 0.5) is 0 Å². The summed E-state index contributed by atoms with van der Waals surface area (Å²) in [5, 5.41) is 6.52. The molecular formula is C12H28N4O. The van der Waals surface area contributed by atoms with Crippen molar-refractivity contribution in [2.45, 2.75) is 26.8 Å². The van der Waals surface area contributed by atoms with E-state index in [1.807, 2.05) is 0 Å². The maximum Gasteiger partial charge on any atom is 0.191 e. The van der Waals surface area contributed by atoms with Gasteiger partial charge in [0.2, 0.25) is 0 Å². The predicted octanol–water partition coefficient (Wildman–Crippen LogP) is 0.528. The molecule has 17 heavy (non-hydrogen) atoms. The zero-order chi connectivity index (χ0) is 13.1. The van der Waals surface area contributed by atoms with Crippen LogP contribution in [0.5, 0.6) is 0 Å². The van der Waals surface area contributed by atoms with Crippen LogP contribution in [0, 0.1) is 0 Å². The van der Waals surface area contributed by atoms with Gasteiger partial charge in [0.05, 0.1) is 13.2 Å². The van der Waals surface area contributed by atoms with E-state index in [1.165, 1.54) is 0 Å². The fraction of sp³-hybridized carbons (Fsp3) is 0.917. The topological polar surface area (TPSA) is 48.9 Å². The molecule has 0 rings (SSSR count). The van der Waals surface area contributed by atoms with E-state index in [9.17, 15) is 0 Å². The smallest absolute Gasteiger partial charge is 0.191 e. The van der Waals surface area contributed by atoms with Gasteiger partial charge in [-0.05, 0) is 27.8 Å². The minimum absolute atomic E-state index is 0.402. The third-order valence-electron chi connectivity index (χ3n) is 2.20. The van der Waals surface area contributed by atoms with Crippen LogP contribution in [0.15, 0.2) is 4.99 Å². The van der Waals surface area contributed by atoms with Crippen LogP contribution < -0.4 is 10.6 Å². The van der Waals surface area contributed by atoms with Crippen LogP contribution in [-0.2, 0) is 4.74 Å². The van der Waals surface area contributed by atoms with Crippen LogP contribution >= 0.6 is 0 Å². The molecule has 0 spiro atoms. The average Bonchev–Trinajstić information content (AvgIpc) is 2.25. The van der Waals surface area contributed by atoms with Gasteiger partial charge < -0.3 is 20.3 Å². The van der Waals surface area contributed by atoms with Crippen molar-refractivity contribution in [1.82, 2.24) is 15.5 Å². The molecule has 0 aliphatic rings. The normalized spacial score (nSPS) is 12.3. The Balaban J connectivity index is 3.89. The largest absolute Gasteiger partial charge is 0.383 e. The van der Waals surface area contributed by atoms with Crippen molar-refractivity contribution in [3.8, 4) is 0 Å². The number of methoxy groups -OCH3 is 1. The lowest BCUT2D eigenvalue weighted by molar-refractivity contribution is 0.163. The van der Waals surface area contributed by atoms with Gasteiger partial charge in [0.25, 0.3) is 0 Å². The number of likely N-dealkylation sites (N-methyl/N-ethyl adjacent to an activating group) is 1. The van der Waals surface area contributed by atoms with E-state index in [-0.39, 0.29) is 0 Å². The highest BCUT2D eigenvalue weighted by molar-refractivity contribution is 5.79. The number of aliphatic imine (C=N–C) groups is 1. The summed E-state index contributed by atoms with van der Waals surface area (Å²) >= 11 is 0. The van der Waals surface area contributed by atoms with Crippen molar-refractivity contribution in [2.24, 2.45) is 4.99 Å². The fourth-order valence-electron chi connectivity index (χ4n) is 1.28. The highest BCUT2D eigenvalue weighted by Gasteiger charge is 2.00. The molecule has 0 aliphatic carbocycles. The Labute approximate surface area is 106 Å². The number of nitrogens with zero attached hydrogens (tertiary/aromatic N) is 2. The van der Waals surface area contributed by atoms with Gasteiger partial charge >= 0.3 is 0 Å². The minimum Gasteiger partial charge on any atom is -0.383 e. The molecule has 0 aliphatic heterocycles. The highest BCUT2D eigenvalue weighted by Crippen LogP contribution is 1.85. The molecule has 0 radical (unpaired) electrons. The SMILES string of the molecule is CCNC(=NCCN(C)CCOC)NC(C)C. The fourth-order valence-corrected chi connectivity index (χ4v) is 1.28. The van der Waals surface area contributed by atoms with Crippen LogP contribution in [0.1, 0.15) is 20.8 Å². The molecule has 0 aromatic rings. The molecule has 0 fully saturated rings. The Morgan fingerprint density at radius 2 is 2.06 bits per heavy atom. The number of rotatable bonds is 8. The summed E-state index contributed by atoms with van der Waals surface area (Å²) in [6, 6.07) is 0.402. The summed E-state index contributed by atoms with van der Waals surface area (Å²) in [5.74, 6) is 0.891. The standard InChI is InChI=1S/C12H28N4O/c1-6-13-12(15-11(2)3)14-7-8-16(4)9-10-17-5/h11H,6-10H2,1-5H3,(H2,13,14,15). The number of hydrogen-bond donors (Lipinski definition) is 2. The summed E-state index contributed by atoms with van der Waals surface area (Å²) in [5.41, 5.74) is 0. The first kappa shape index (κ1) is 16.2. The summed E-state index contributed by atoms with van der Waals surface area (Å²) in [4.78, 5) is 6.73. The third-order valence-corrected chi connectivity index (χ3v) is 2.20. The molecule has 5 nitrogen and oxygen atoms in total. The summed E-state index contributed by atoms with van der Waals surface area (Å²) in [6.07, 6.45) is 0. The zero-order valence-electron chi connectivity index (χ0n) is 11.9. The summed E-state index contributed by atoms with van der Waals surface area (Å²) in [6.45, 7) is 10.6. The first-order valence-electron chi connectivity index (χ1n) is 6.32. The Morgan fingerprint density at radius 1 is 1.35 bits per heavy atom. The average molecular weight is 244 g/mol. The van der Waals surface area contributed by atoms with E-state index in [1.54, 1.807) is 7.11 Å². The Kier molecular flexibility index (Phi) is 9.86. The van der Waals surface area contributed by atoms with E-state index < -0.39 is 0 Å². The van der Waals surface area contributed by atoms with E-state index >= 15 is 0 Å². The van der Waals surface area contributed by atoms with Crippen LogP contribution in [-0.4, -0.2) is 63.8 Å². The number of ether oxygens (including phenoxy) is 1. The maximum atomic E-state index is 5.03. The van der Waals surface area contributed by atoms with Crippen molar-refractivity contribution in [2.75, 3.05) is 46.9 Å². The number of hydrogen-bond acceptors (Lipinski definition) is 3. The Hall–Kier alpha value is -0.810. The molecule has 102 valence electrons. The van der Waals surface area contributed by atoms with Crippen molar-refractivity contribution in [1.29, 1.82) is 0 Å². The first-order valence-corrected chi connectivity index (χ1v) is 6.32. The second-order valence-corrected chi connectivity index (χ2v) is 4.36. The first-order chi connectivity index (χ1) is 8.10. The van der Waals surface area contributed by atoms with E-state index in [2.05, 4.69) is 48.3 Å². The highest BCUT2D eigenvalue weighted by atomic mass is 16.5. The molecule has 0 heterocycles. The molecule has 0 bridgehead atoms. The van der Waals surface area contributed by atoms with Crippen molar-refractivity contribution in [3.63, 3.8) is 0 Å². The molecule has 5 heteroatoms. The lowest BCUT2D eigenvalue weighted by Gasteiger charge is -2.16. The van der Waals surface area contributed by atoms with E-state index in [0.717, 1.165) is 38.7 Å². The molecular weight excluding hydrogens is 216 g/mol. The Morgan fingerprint density at radius 3 is 2.59 bits per heavy atom. The molecule has 0 saturated heterocycles. The van der Waals surface area contributed by atoms with Gasteiger partial charge in [0.1, 0.15) is 0 Å². The number of guanidine groups is 1. The minimum atomic E-state index is 0.402. The molecule has 2 N–H and O–H groups in total. The summed E-state index contributed by atoms with van der Waals surface area (Å²) in [7, 11) is 3.80. The molecule has 0 aromatic heterocycles. The van der Waals surface area contributed by atoms with Crippen LogP contribution in [0.25, 0.3) is 0 Å². The van der Waals surface area contributed by atoms with E-state index in [0.29, 0.717) is 6.04 Å². The molecule has 0 aromatic carbocycles.